The molecule has 0 aromatic carbocycles. The standard InChI is InChI=1S/C12H17NO3/c1-3-4-5-6-11(14)13-7-9(2)10(8-13)12(15)16/h3-6,9-10H,7-8H2,1-2H3,(H,15,16)/t9-,10-/m1/s1. The second-order valence-electron chi connectivity index (χ2n) is 4.05. The molecule has 16 heavy (non-hydrogen) atoms. The van der Waals surface area contributed by atoms with E-state index < -0.39 is 11.9 Å². The number of hydrogen-bond donors (Lipinski definition) is 1. The fourth-order valence-corrected chi connectivity index (χ4v) is 1.82. The summed E-state index contributed by atoms with van der Waals surface area (Å²) in [5, 5.41) is 8.93. The van der Waals surface area contributed by atoms with Crippen LogP contribution in [0.4, 0.5) is 0 Å². The number of allylic oxidation sites excluding steroid dienone is 3. The molecule has 1 N–H and O–H groups in total. The highest BCUT2D eigenvalue weighted by atomic mass is 16.4. The van der Waals surface area contributed by atoms with Crippen molar-refractivity contribution in [1.82, 2.24) is 4.90 Å². The largest absolute Gasteiger partial charge is 0.481 e. The highest BCUT2D eigenvalue weighted by Crippen LogP contribution is 2.23. The first-order chi connectivity index (χ1) is 7.56. The lowest BCUT2D eigenvalue weighted by Gasteiger charge is -2.12. The fourth-order valence-electron chi connectivity index (χ4n) is 1.82. The number of hydrogen-bond acceptors (Lipinski definition) is 2. The Labute approximate surface area is 95.2 Å². The molecular weight excluding hydrogens is 206 g/mol. The predicted molar refractivity (Wildman–Crippen MR) is 60.8 cm³/mol. The summed E-state index contributed by atoms with van der Waals surface area (Å²) in [5.74, 6) is -1.34. The molecule has 0 aromatic rings. The molecule has 0 radical (unpaired) electrons. The first-order valence-corrected chi connectivity index (χ1v) is 5.37. The lowest BCUT2D eigenvalue weighted by Crippen LogP contribution is -2.28. The molecule has 1 aliphatic heterocycles. The van der Waals surface area contributed by atoms with Crippen LogP contribution in [0.2, 0.25) is 0 Å². The van der Waals surface area contributed by atoms with Gasteiger partial charge in [0.2, 0.25) is 5.91 Å². The van der Waals surface area contributed by atoms with E-state index in [9.17, 15) is 9.59 Å². The molecule has 1 rings (SSSR count). The van der Waals surface area contributed by atoms with Crippen molar-refractivity contribution in [3.8, 4) is 0 Å². The van der Waals surface area contributed by atoms with E-state index in [1.165, 1.54) is 6.08 Å². The van der Waals surface area contributed by atoms with Gasteiger partial charge >= 0.3 is 5.97 Å². The molecule has 2 atom stereocenters. The van der Waals surface area contributed by atoms with Gasteiger partial charge < -0.3 is 10.0 Å². The van der Waals surface area contributed by atoms with Crippen molar-refractivity contribution in [2.24, 2.45) is 11.8 Å². The van der Waals surface area contributed by atoms with Crippen LogP contribution in [0.5, 0.6) is 0 Å². The summed E-state index contributed by atoms with van der Waals surface area (Å²) in [6.45, 7) is 4.57. The van der Waals surface area contributed by atoms with Gasteiger partial charge in [-0.1, -0.05) is 25.2 Å². The molecule has 0 aromatic heterocycles. The van der Waals surface area contributed by atoms with Gasteiger partial charge in [-0.25, -0.2) is 0 Å². The molecule has 1 aliphatic rings. The second-order valence-corrected chi connectivity index (χ2v) is 4.05. The third-order valence-electron chi connectivity index (χ3n) is 2.78. The molecule has 1 amide bonds. The van der Waals surface area contributed by atoms with Crippen molar-refractivity contribution in [2.45, 2.75) is 13.8 Å². The highest BCUT2D eigenvalue weighted by molar-refractivity contribution is 5.88. The minimum Gasteiger partial charge on any atom is -0.481 e. The zero-order chi connectivity index (χ0) is 12.1. The Kier molecular flexibility index (Phi) is 4.28. The minimum atomic E-state index is -0.819. The maximum Gasteiger partial charge on any atom is 0.308 e. The Bertz CT molecular complexity index is 333. The van der Waals surface area contributed by atoms with E-state index in [1.54, 1.807) is 17.1 Å². The van der Waals surface area contributed by atoms with Crippen molar-refractivity contribution in [1.29, 1.82) is 0 Å². The van der Waals surface area contributed by atoms with E-state index in [0.29, 0.717) is 13.1 Å². The molecule has 4 nitrogen and oxygen atoms in total. The number of nitrogens with zero attached hydrogens (tertiary/aromatic N) is 1. The first kappa shape index (κ1) is 12.5. The average Bonchev–Trinajstić information content (AvgIpc) is 2.60. The van der Waals surface area contributed by atoms with E-state index in [0.717, 1.165) is 0 Å². The number of rotatable bonds is 3. The van der Waals surface area contributed by atoms with Crippen LogP contribution >= 0.6 is 0 Å². The maximum absolute atomic E-state index is 11.6. The van der Waals surface area contributed by atoms with Gasteiger partial charge in [0, 0.05) is 19.2 Å². The summed E-state index contributed by atoms with van der Waals surface area (Å²) in [4.78, 5) is 24.1. The molecule has 88 valence electrons. The summed E-state index contributed by atoms with van der Waals surface area (Å²) in [6, 6.07) is 0. The van der Waals surface area contributed by atoms with Gasteiger partial charge in [-0.3, -0.25) is 9.59 Å². The van der Waals surface area contributed by atoms with Crippen LogP contribution in [-0.2, 0) is 9.59 Å². The van der Waals surface area contributed by atoms with Crippen LogP contribution in [0.25, 0.3) is 0 Å². The topological polar surface area (TPSA) is 57.6 Å². The number of carbonyl (C=O) groups is 2. The molecule has 0 unspecified atom stereocenters. The number of carboxylic acids is 1. The van der Waals surface area contributed by atoms with E-state index in [4.69, 9.17) is 5.11 Å². The maximum atomic E-state index is 11.6. The lowest BCUT2D eigenvalue weighted by molar-refractivity contribution is -0.142. The second kappa shape index (κ2) is 5.49. The number of amides is 1. The van der Waals surface area contributed by atoms with E-state index in [2.05, 4.69) is 0 Å². The van der Waals surface area contributed by atoms with Gasteiger partial charge in [-0.2, -0.15) is 0 Å². The molecule has 0 bridgehead atoms. The van der Waals surface area contributed by atoms with Crippen LogP contribution < -0.4 is 0 Å². The number of carbonyl (C=O) groups excluding carboxylic acids is 1. The Balaban J connectivity index is 2.58. The summed E-state index contributed by atoms with van der Waals surface area (Å²) < 4.78 is 0. The van der Waals surface area contributed by atoms with Gasteiger partial charge in [0.25, 0.3) is 0 Å². The SMILES string of the molecule is CC=CC=CC(=O)N1C[C@@H](C)[C@H](C(=O)O)C1. The van der Waals surface area contributed by atoms with Crippen LogP contribution in [0.15, 0.2) is 24.3 Å². The molecule has 1 heterocycles. The third kappa shape index (κ3) is 2.95. The number of carboxylic acid groups (broad SMARTS) is 1. The molecule has 4 heteroatoms. The van der Waals surface area contributed by atoms with E-state index in [-0.39, 0.29) is 11.8 Å². The molecule has 1 fully saturated rings. The Morgan fingerprint density at radius 2 is 2.00 bits per heavy atom. The normalized spacial score (nSPS) is 25.8. The van der Waals surface area contributed by atoms with Crippen molar-refractivity contribution in [3.05, 3.63) is 24.3 Å². The summed E-state index contributed by atoms with van der Waals surface area (Å²) in [5.41, 5.74) is 0. The highest BCUT2D eigenvalue weighted by Gasteiger charge is 2.36. The van der Waals surface area contributed by atoms with Crippen LogP contribution in [0.1, 0.15) is 13.8 Å². The summed E-state index contributed by atoms with van der Waals surface area (Å²) in [6.07, 6.45) is 6.74. The Morgan fingerprint density at radius 1 is 1.31 bits per heavy atom. The lowest BCUT2D eigenvalue weighted by atomic mass is 9.99. The minimum absolute atomic E-state index is 0.0246. The average molecular weight is 223 g/mol. The zero-order valence-corrected chi connectivity index (χ0v) is 9.59. The predicted octanol–water partition coefficient (Wildman–Crippen LogP) is 1.30. The smallest absolute Gasteiger partial charge is 0.308 e. The molecule has 1 saturated heterocycles. The zero-order valence-electron chi connectivity index (χ0n) is 9.59. The van der Waals surface area contributed by atoms with Gasteiger partial charge in [-0.05, 0) is 12.8 Å². The number of aliphatic carboxylic acids is 1. The summed E-state index contributed by atoms with van der Waals surface area (Å²) >= 11 is 0. The monoisotopic (exact) mass is 223 g/mol. The molecular formula is C12H17NO3. The Morgan fingerprint density at radius 3 is 2.50 bits per heavy atom. The summed E-state index contributed by atoms with van der Waals surface area (Å²) in [7, 11) is 0. The van der Waals surface area contributed by atoms with Gasteiger partial charge in [-0.15, -0.1) is 0 Å². The molecule has 0 saturated carbocycles. The van der Waals surface area contributed by atoms with Crippen LogP contribution in [0, 0.1) is 11.8 Å². The molecule has 0 aliphatic carbocycles. The quantitative estimate of drug-likeness (QED) is 0.579. The van der Waals surface area contributed by atoms with Crippen molar-refractivity contribution < 1.29 is 14.7 Å². The third-order valence-corrected chi connectivity index (χ3v) is 2.78. The van der Waals surface area contributed by atoms with E-state index >= 15 is 0 Å². The van der Waals surface area contributed by atoms with Crippen molar-refractivity contribution in [3.63, 3.8) is 0 Å². The Hall–Kier alpha value is -1.58. The first-order valence-electron chi connectivity index (χ1n) is 5.37. The van der Waals surface area contributed by atoms with Gasteiger partial charge in [0.15, 0.2) is 0 Å². The van der Waals surface area contributed by atoms with Crippen molar-refractivity contribution >= 4 is 11.9 Å². The molecule has 0 spiro atoms. The van der Waals surface area contributed by atoms with Gasteiger partial charge in [0.1, 0.15) is 0 Å². The van der Waals surface area contributed by atoms with Gasteiger partial charge in [0.05, 0.1) is 5.92 Å². The van der Waals surface area contributed by atoms with Crippen LogP contribution in [-0.4, -0.2) is 35.0 Å². The van der Waals surface area contributed by atoms with E-state index in [1.807, 2.05) is 19.9 Å². The number of likely N-dealkylation sites (tertiary alicyclic amines) is 1. The van der Waals surface area contributed by atoms with Crippen molar-refractivity contribution in [2.75, 3.05) is 13.1 Å². The fraction of sp³-hybridized carbons (Fsp3) is 0.500. The van der Waals surface area contributed by atoms with Crippen LogP contribution in [0.3, 0.4) is 0 Å².